The molecule has 0 fully saturated rings. The number of anilines is 1. The number of carbonyl (C=O) groups is 2. The van der Waals surface area contributed by atoms with Crippen LogP contribution in [0.1, 0.15) is 10.4 Å². The molecule has 0 unspecified atom stereocenters. The number of nitrogens with one attached hydrogen (secondary N) is 1. The Bertz CT molecular complexity index is 839. The summed E-state index contributed by atoms with van der Waals surface area (Å²) in [5, 5.41) is 14.2. The SMILES string of the molecule is COc1ccc(C(=O)N(C)CC(=O)Nc2ccc(Cl)cc2)cc1[N+](=O)[O-]. The molecule has 0 spiro atoms. The molecule has 136 valence electrons. The molecule has 0 aliphatic carbocycles. The molecule has 0 atom stereocenters. The quantitative estimate of drug-likeness (QED) is 0.616. The number of nitro benzene ring substituents is 1. The lowest BCUT2D eigenvalue weighted by Crippen LogP contribution is -2.34. The number of carbonyl (C=O) groups excluding carboxylic acids is 2. The van der Waals surface area contributed by atoms with Crippen LogP contribution in [-0.2, 0) is 4.79 Å². The summed E-state index contributed by atoms with van der Waals surface area (Å²) in [6.07, 6.45) is 0. The normalized spacial score (nSPS) is 10.1. The van der Waals surface area contributed by atoms with Crippen LogP contribution in [0.4, 0.5) is 11.4 Å². The van der Waals surface area contributed by atoms with E-state index in [4.69, 9.17) is 16.3 Å². The molecular formula is C17H16ClN3O5. The second kappa shape index (κ2) is 8.30. The molecule has 0 aromatic heterocycles. The number of ether oxygens (including phenoxy) is 1. The van der Waals surface area contributed by atoms with Gasteiger partial charge in [0.25, 0.3) is 5.91 Å². The molecule has 9 heteroatoms. The van der Waals surface area contributed by atoms with Gasteiger partial charge in [-0.05, 0) is 36.4 Å². The van der Waals surface area contributed by atoms with Gasteiger partial charge in [-0.2, -0.15) is 0 Å². The van der Waals surface area contributed by atoms with Gasteiger partial charge in [0.05, 0.1) is 18.6 Å². The van der Waals surface area contributed by atoms with E-state index in [1.807, 2.05) is 0 Å². The molecule has 1 N–H and O–H groups in total. The number of halogens is 1. The molecule has 0 bridgehead atoms. The van der Waals surface area contributed by atoms with Crippen molar-refractivity contribution in [1.29, 1.82) is 0 Å². The minimum Gasteiger partial charge on any atom is -0.490 e. The number of nitrogens with zero attached hydrogens (tertiary/aromatic N) is 2. The Labute approximate surface area is 154 Å². The number of rotatable bonds is 6. The molecule has 2 aromatic rings. The number of hydrogen-bond acceptors (Lipinski definition) is 5. The van der Waals surface area contributed by atoms with Crippen LogP contribution in [0.25, 0.3) is 0 Å². The third-order valence-corrected chi connectivity index (χ3v) is 3.73. The van der Waals surface area contributed by atoms with Crippen molar-refractivity contribution >= 4 is 34.8 Å². The maximum absolute atomic E-state index is 12.4. The minimum atomic E-state index is -0.636. The molecule has 2 rings (SSSR count). The van der Waals surface area contributed by atoms with Gasteiger partial charge >= 0.3 is 5.69 Å². The first-order valence-electron chi connectivity index (χ1n) is 7.45. The summed E-state index contributed by atoms with van der Waals surface area (Å²) in [6, 6.07) is 10.4. The van der Waals surface area contributed by atoms with E-state index in [0.29, 0.717) is 10.7 Å². The Morgan fingerprint density at radius 2 is 1.88 bits per heavy atom. The van der Waals surface area contributed by atoms with Gasteiger partial charge in [-0.15, -0.1) is 0 Å². The highest BCUT2D eigenvalue weighted by atomic mass is 35.5. The summed E-state index contributed by atoms with van der Waals surface area (Å²) in [7, 11) is 2.73. The Morgan fingerprint density at radius 1 is 1.23 bits per heavy atom. The van der Waals surface area contributed by atoms with Crippen molar-refractivity contribution in [3.8, 4) is 5.75 Å². The molecule has 0 aliphatic heterocycles. The Balaban J connectivity index is 2.07. The summed E-state index contributed by atoms with van der Waals surface area (Å²) in [4.78, 5) is 36.1. The van der Waals surface area contributed by atoms with Gasteiger partial charge in [0, 0.05) is 29.4 Å². The van der Waals surface area contributed by atoms with Crippen LogP contribution < -0.4 is 10.1 Å². The molecule has 0 aliphatic rings. The molecule has 8 nitrogen and oxygen atoms in total. The summed E-state index contributed by atoms with van der Waals surface area (Å²) in [5.41, 5.74) is 0.303. The van der Waals surface area contributed by atoms with Gasteiger partial charge in [0.1, 0.15) is 0 Å². The Kier molecular flexibility index (Phi) is 6.13. The first-order valence-corrected chi connectivity index (χ1v) is 7.83. The van der Waals surface area contributed by atoms with Crippen LogP contribution in [0.15, 0.2) is 42.5 Å². The van der Waals surface area contributed by atoms with E-state index in [-0.39, 0.29) is 23.5 Å². The zero-order valence-corrected chi connectivity index (χ0v) is 14.8. The van der Waals surface area contributed by atoms with Crippen molar-refractivity contribution < 1.29 is 19.2 Å². The highest BCUT2D eigenvalue weighted by Crippen LogP contribution is 2.27. The summed E-state index contributed by atoms with van der Waals surface area (Å²) >= 11 is 5.78. The van der Waals surface area contributed by atoms with Crippen molar-refractivity contribution in [1.82, 2.24) is 4.90 Å². The number of methoxy groups -OCH3 is 1. The number of hydrogen-bond donors (Lipinski definition) is 1. The second-order valence-electron chi connectivity index (χ2n) is 5.36. The third kappa shape index (κ3) is 4.70. The number of benzene rings is 2. The number of likely N-dealkylation sites (N-methyl/N-ethyl adjacent to an activating group) is 1. The lowest BCUT2D eigenvalue weighted by molar-refractivity contribution is -0.385. The van der Waals surface area contributed by atoms with Gasteiger partial charge in [0.15, 0.2) is 5.75 Å². The van der Waals surface area contributed by atoms with Gasteiger partial charge in [-0.25, -0.2) is 0 Å². The molecule has 0 heterocycles. The van der Waals surface area contributed by atoms with E-state index < -0.39 is 16.7 Å². The van der Waals surface area contributed by atoms with E-state index in [9.17, 15) is 19.7 Å². The fourth-order valence-corrected chi connectivity index (χ4v) is 2.33. The van der Waals surface area contributed by atoms with Gasteiger partial charge in [0.2, 0.25) is 5.91 Å². The number of nitro groups is 1. The second-order valence-corrected chi connectivity index (χ2v) is 5.80. The van der Waals surface area contributed by atoms with Crippen LogP contribution in [-0.4, -0.2) is 42.3 Å². The molecule has 0 radical (unpaired) electrons. The average Bonchev–Trinajstić information content (AvgIpc) is 2.62. The van der Waals surface area contributed by atoms with Crippen LogP contribution in [0.2, 0.25) is 5.02 Å². The van der Waals surface area contributed by atoms with Crippen molar-refractivity contribution in [3.05, 3.63) is 63.2 Å². The number of amides is 2. The van der Waals surface area contributed by atoms with Crippen LogP contribution in [0, 0.1) is 10.1 Å². The predicted molar refractivity (Wildman–Crippen MR) is 96.7 cm³/mol. The van der Waals surface area contributed by atoms with Crippen molar-refractivity contribution in [2.45, 2.75) is 0 Å². The van der Waals surface area contributed by atoms with Crippen molar-refractivity contribution in [2.75, 3.05) is 26.0 Å². The van der Waals surface area contributed by atoms with Crippen LogP contribution in [0.3, 0.4) is 0 Å². The molecule has 2 amide bonds. The fourth-order valence-electron chi connectivity index (χ4n) is 2.21. The zero-order valence-electron chi connectivity index (χ0n) is 14.1. The zero-order chi connectivity index (χ0) is 19.3. The van der Waals surface area contributed by atoms with E-state index in [1.54, 1.807) is 24.3 Å². The monoisotopic (exact) mass is 377 g/mol. The maximum atomic E-state index is 12.4. The standard InChI is InChI=1S/C17H16ClN3O5/c1-20(10-16(22)19-13-6-4-12(18)5-7-13)17(23)11-3-8-15(26-2)14(9-11)21(24)25/h3-9H,10H2,1-2H3,(H,19,22). The van der Waals surface area contributed by atoms with Gasteiger partial charge < -0.3 is 15.0 Å². The highest BCUT2D eigenvalue weighted by Gasteiger charge is 2.21. The van der Waals surface area contributed by atoms with E-state index in [1.165, 1.54) is 26.3 Å². The topological polar surface area (TPSA) is 102 Å². The van der Waals surface area contributed by atoms with Crippen molar-refractivity contribution in [2.24, 2.45) is 0 Å². The lowest BCUT2D eigenvalue weighted by Gasteiger charge is -2.17. The van der Waals surface area contributed by atoms with E-state index in [2.05, 4.69) is 5.32 Å². The molecule has 0 saturated heterocycles. The smallest absolute Gasteiger partial charge is 0.311 e. The Morgan fingerprint density at radius 3 is 2.46 bits per heavy atom. The first-order chi connectivity index (χ1) is 12.3. The molecule has 26 heavy (non-hydrogen) atoms. The fraction of sp³-hybridized carbons (Fsp3) is 0.176. The average molecular weight is 378 g/mol. The summed E-state index contributed by atoms with van der Waals surface area (Å²) < 4.78 is 4.90. The largest absolute Gasteiger partial charge is 0.490 e. The van der Waals surface area contributed by atoms with Crippen LogP contribution >= 0.6 is 11.6 Å². The van der Waals surface area contributed by atoms with Gasteiger partial charge in [-0.1, -0.05) is 11.6 Å². The molecular weight excluding hydrogens is 362 g/mol. The Hall–Kier alpha value is -3.13. The van der Waals surface area contributed by atoms with Crippen LogP contribution in [0.5, 0.6) is 5.75 Å². The summed E-state index contributed by atoms with van der Waals surface area (Å²) in [5.74, 6) is -0.886. The van der Waals surface area contributed by atoms with Gasteiger partial charge in [-0.3, -0.25) is 19.7 Å². The lowest BCUT2D eigenvalue weighted by atomic mass is 10.1. The first kappa shape index (κ1) is 19.2. The molecule has 0 saturated carbocycles. The maximum Gasteiger partial charge on any atom is 0.311 e. The van der Waals surface area contributed by atoms with E-state index in [0.717, 1.165) is 11.0 Å². The summed E-state index contributed by atoms with van der Waals surface area (Å²) in [6.45, 7) is -0.221. The minimum absolute atomic E-state index is 0.0506. The predicted octanol–water partition coefficient (Wildman–Crippen LogP) is 2.97. The van der Waals surface area contributed by atoms with Crippen molar-refractivity contribution in [3.63, 3.8) is 0 Å². The highest BCUT2D eigenvalue weighted by molar-refractivity contribution is 6.30. The third-order valence-electron chi connectivity index (χ3n) is 3.48. The van der Waals surface area contributed by atoms with E-state index >= 15 is 0 Å². The molecule has 2 aromatic carbocycles.